The first kappa shape index (κ1) is 21.5. The normalized spacial score (nSPS) is 14.2. The number of ether oxygens (including phenoxy) is 2. The number of hydrogen-bond donors (Lipinski definition) is 0. The molecule has 1 fully saturated rings. The summed E-state index contributed by atoms with van der Waals surface area (Å²) in [5.41, 5.74) is 1.31. The molecule has 1 aromatic heterocycles. The molecule has 0 radical (unpaired) electrons. The van der Waals surface area contributed by atoms with Crippen LogP contribution < -0.4 is 9.47 Å². The Morgan fingerprint density at radius 2 is 1.79 bits per heavy atom. The van der Waals surface area contributed by atoms with Gasteiger partial charge in [0.2, 0.25) is 12.7 Å². The maximum Gasteiger partial charge on any atom is 0.254 e. The van der Waals surface area contributed by atoms with Crippen molar-refractivity contribution in [3.8, 4) is 11.5 Å². The number of rotatable bonds is 8. The van der Waals surface area contributed by atoms with Crippen LogP contribution in [-0.2, 0) is 17.9 Å². The second-order valence-corrected chi connectivity index (χ2v) is 9.22. The summed E-state index contributed by atoms with van der Waals surface area (Å²) in [5.74, 6) is 0.585. The summed E-state index contributed by atoms with van der Waals surface area (Å²) in [6.07, 6.45) is 1.74. The first-order valence-corrected chi connectivity index (χ1v) is 11.7. The molecule has 1 aliphatic carbocycles. The molecule has 0 N–H and O–H groups in total. The van der Waals surface area contributed by atoms with Gasteiger partial charge in [0.25, 0.3) is 5.91 Å². The van der Waals surface area contributed by atoms with E-state index in [4.69, 9.17) is 9.47 Å². The van der Waals surface area contributed by atoms with E-state index in [0.29, 0.717) is 30.2 Å². The molecule has 8 heteroatoms. The van der Waals surface area contributed by atoms with Crippen LogP contribution in [-0.4, -0.2) is 41.0 Å². The third-order valence-electron chi connectivity index (χ3n) is 5.74. The molecule has 3 aromatic rings. The first-order valence-electron chi connectivity index (χ1n) is 10.8. The second-order valence-electron chi connectivity index (χ2n) is 8.19. The molecule has 0 saturated heterocycles. The van der Waals surface area contributed by atoms with Crippen molar-refractivity contribution in [2.75, 3.05) is 13.3 Å². The van der Waals surface area contributed by atoms with Gasteiger partial charge in [-0.1, -0.05) is 12.1 Å². The summed E-state index contributed by atoms with van der Waals surface area (Å²) in [6, 6.07) is 15.1. The third-order valence-corrected chi connectivity index (χ3v) is 6.60. The van der Waals surface area contributed by atoms with E-state index in [1.54, 1.807) is 21.1 Å². The largest absolute Gasteiger partial charge is 0.454 e. The van der Waals surface area contributed by atoms with Crippen LogP contribution in [0.3, 0.4) is 0 Å². The van der Waals surface area contributed by atoms with Crippen molar-refractivity contribution in [1.82, 2.24) is 9.80 Å². The molecule has 2 aromatic carbocycles. The molecule has 2 heterocycles. The number of thiophene rings is 1. The number of nitrogens with zero attached hydrogens (tertiary/aromatic N) is 2. The zero-order chi connectivity index (χ0) is 22.8. The van der Waals surface area contributed by atoms with Gasteiger partial charge in [-0.2, -0.15) is 0 Å². The van der Waals surface area contributed by atoms with Crippen molar-refractivity contribution in [2.24, 2.45) is 0 Å². The van der Waals surface area contributed by atoms with E-state index in [9.17, 15) is 14.0 Å². The molecular formula is C25H23FN2O4S. The van der Waals surface area contributed by atoms with Crippen LogP contribution in [0.1, 0.15) is 33.6 Å². The first-order chi connectivity index (χ1) is 16.1. The summed E-state index contributed by atoms with van der Waals surface area (Å²) in [7, 11) is 0. The highest BCUT2D eigenvalue weighted by Crippen LogP contribution is 2.33. The fourth-order valence-corrected chi connectivity index (χ4v) is 4.56. The second kappa shape index (κ2) is 9.23. The Morgan fingerprint density at radius 3 is 2.52 bits per heavy atom. The quantitative estimate of drug-likeness (QED) is 0.492. The predicted octanol–water partition coefficient (Wildman–Crippen LogP) is 4.45. The van der Waals surface area contributed by atoms with Crippen LogP contribution in [0.2, 0.25) is 0 Å². The molecule has 6 nitrogen and oxygen atoms in total. The van der Waals surface area contributed by atoms with Crippen molar-refractivity contribution in [1.29, 1.82) is 0 Å². The average molecular weight is 467 g/mol. The van der Waals surface area contributed by atoms with E-state index in [0.717, 1.165) is 23.3 Å². The van der Waals surface area contributed by atoms with Gasteiger partial charge in [-0.3, -0.25) is 9.59 Å². The van der Waals surface area contributed by atoms with Gasteiger partial charge in [-0.05, 0) is 66.2 Å². The lowest BCUT2D eigenvalue weighted by molar-refractivity contribution is -0.133. The lowest BCUT2D eigenvalue weighted by Gasteiger charge is -2.28. The summed E-state index contributed by atoms with van der Waals surface area (Å²) in [5, 5.41) is 1.98. The Morgan fingerprint density at radius 1 is 1.00 bits per heavy atom. The number of halogens is 1. The molecule has 2 amide bonds. The Kier molecular flexibility index (Phi) is 6.00. The van der Waals surface area contributed by atoms with Crippen LogP contribution in [0.5, 0.6) is 11.5 Å². The van der Waals surface area contributed by atoms with Gasteiger partial charge in [0, 0.05) is 23.0 Å². The van der Waals surface area contributed by atoms with Crippen LogP contribution in [0.25, 0.3) is 0 Å². The zero-order valence-corrected chi connectivity index (χ0v) is 18.7. The summed E-state index contributed by atoms with van der Waals surface area (Å²) < 4.78 is 24.2. The van der Waals surface area contributed by atoms with E-state index in [1.807, 2.05) is 35.7 Å². The van der Waals surface area contributed by atoms with E-state index < -0.39 is 5.82 Å². The molecule has 2 aliphatic rings. The van der Waals surface area contributed by atoms with Crippen molar-refractivity contribution in [3.05, 3.63) is 81.8 Å². The molecule has 5 rings (SSSR count). The van der Waals surface area contributed by atoms with Gasteiger partial charge in [0.15, 0.2) is 11.5 Å². The van der Waals surface area contributed by atoms with E-state index >= 15 is 0 Å². The molecule has 33 heavy (non-hydrogen) atoms. The Bertz CT molecular complexity index is 1150. The highest BCUT2D eigenvalue weighted by molar-refractivity contribution is 7.09. The van der Waals surface area contributed by atoms with Crippen molar-refractivity contribution in [2.45, 2.75) is 32.0 Å². The lowest BCUT2D eigenvalue weighted by atomic mass is 10.1. The summed E-state index contributed by atoms with van der Waals surface area (Å²) in [4.78, 5) is 31.0. The van der Waals surface area contributed by atoms with Gasteiger partial charge in [0.05, 0.1) is 6.54 Å². The van der Waals surface area contributed by atoms with Crippen molar-refractivity contribution < 1.29 is 23.5 Å². The van der Waals surface area contributed by atoms with Crippen molar-refractivity contribution in [3.63, 3.8) is 0 Å². The van der Waals surface area contributed by atoms with Crippen LogP contribution in [0, 0.1) is 5.82 Å². The minimum Gasteiger partial charge on any atom is -0.454 e. The molecule has 0 bridgehead atoms. The highest BCUT2D eigenvalue weighted by atomic mass is 32.1. The van der Waals surface area contributed by atoms with E-state index in [2.05, 4.69) is 0 Å². The highest BCUT2D eigenvalue weighted by Gasteiger charge is 2.35. The average Bonchev–Trinajstić information content (AvgIpc) is 3.32. The van der Waals surface area contributed by atoms with Gasteiger partial charge in [-0.15, -0.1) is 11.3 Å². The number of benzene rings is 2. The van der Waals surface area contributed by atoms with E-state index in [-0.39, 0.29) is 31.2 Å². The van der Waals surface area contributed by atoms with E-state index in [1.165, 1.54) is 24.3 Å². The van der Waals surface area contributed by atoms with Crippen molar-refractivity contribution >= 4 is 23.2 Å². The van der Waals surface area contributed by atoms with Crippen LogP contribution in [0.4, 0.5) is 4.39 Å². The molecule has 170 valence electrons. The number of amides is 2. The number of carbonyl (C=O) groups excluding carboxylic acids is 2. The summed E-state index contributed by atoms with van der Waals surface area (Å²) in [6.45, 7) is 1.01. The number of hydrogen-bond acceptors (Lipinski definition) is 5. The van der Waals surface area contributed by atoms with Gasteiger partial charge >= 0.3 is 0 Å². The predicted molar refractivity (Wildman–Crippen MR) is 122 cm³/mol. The Hall–Kier alpha value is -3.39. The molecule has 0 spiro atoms. The minimum absolute atomic E-state index is 0.0171. The van der Waals surface area contributed by atoms with Crippen LogP contribution in [0.15, 0.2) is 60.0 Å². The van der Waals surface area contributed by atoms with Gasteiger partial charge in [0.1, 0.15) is 12.4 Å². The smallest absolute Gasteiger partial charge is 0.254 e. The molecule has 1 aliphatic heterocycles. The molecular weight excluding hydrogens is 443 g/mol. The number of carbonyl (C=O) groups is 2. The monoisotopic (exact) mass is 466 g/mol. The third kappa shape index (κ3) is 5.01. The Balaban J connectivity index is 1.35. The minimum atomic E-state index is -0.397. The maximum absolute atomic E-state index is 13.5. The SMILES string of the molecule is O=C(CN(C(=O)c1ccc(F)cc1)C1CC1)N(Cc1ccc2c(c1)OCO2)Cc1cccs1. The molecule has 0 unspecified atom stereocenters. The lowest BCUT2D eigenvalue weighted by Crippen LogP contribution is -2.43. The molecule has 0 atom stereocenters. The standard InChI is InChI=1S/C25H23FN2O4S/c26-19-6-4-18(5-7-19)25(30)28(20-8-9-20)15-24(29)27(14-21-2-1-11-33-21)13-17-3-10-22-23(12-17)32-16-31-22/h1-7,10-12,20H,8-9,13-16H2. The van der Waals surface area contributed by atoms with Crippen LogP contribution >= 0.6 is 11.3 Å². The number of fused-ring (bicyclic) bond motifs is 1. The zero-order valence-electron chi connectivity index (χ0n) is 17.9. The molecule has 1 saturated carbocycles. The van der Waals surface area contributed by atoms with Gasteiger partial charge in [-0.25, -0.2) is 4.39 Å². The fraction of sp³-hybridized carbons (Fsp3) is 0.280. The fourth-order valence-electron chi connectivity index (χ4n) is 3.84. The topological polar surface area (TPSA) is 59.1 Å². The maximum atomic E-state index is 13.5. The van der Waals surface area contributed by atoms with Gasteiger partial charge < -0.3 is 19.3 Å². The Labute approximate surface area is 195 Å². The summed E-state index contributed by atoms with van der Waals surface area (Å²) >= 11 is 1.59.